The Balaban J connectivity index is 5.37. The van der Waals surface area contributed by atoms with Crippen LogP contribution in [-0.4, -0.2) is 96.7 Å². The fraction of sp³-hybridized carbons (Fsp3) is 0.759. The quantitative estimate of drug-likeness (QED) is 0.0169. The van der Waals surface area contributed by atoms with Crippen molar-refractivity contribution in [3.63, 3.8) is 0 Å². The van der Waals surface area contributed by atoms with Gasteiger partial charge >= 0.3 is 39.5 Å². The standard InChI is InChI=1S/C83H146O17P2/c1-5-9-13-17-21-25-29-33-37-38-42-44-48-52-56-60-64-68-81(86)94-74-79(100-83(88)70-66-62-58-54-50-46-41-36-32-28-24-20-16-12-8-4)76-98-102(91,92)96-72-77(84)71-95-101(89,90)97-75-78(99-82(87)69-65-61-57-53-49-45-40-35-31-27-23-19-15-11-7-3)73-93-80(85)67-63-59-55-51-47-43-39-34-30-26-22-18-14-10-6-2/h9,12-13,16,21,24-25,28,33-37,39-41,77-79,84H,5-8,10-11,14-15,17-20,22-23,26-27,29-32,38,42-76H2,1-4H3,(H,89,90)(H,91,92)/b13-9-,16-12-,25-21-,28-24-,37-33-,39-34-,40-35-,41-36-. The van der Waals surface area contributed by atoms with E-state index in [0.717, 1.165) is 193 Å². The van der Waals surface area contributed by atoms with E-state index in [1.807, 2.05) is 0 Å². The zero-order valence-electron chi connectivity index (χ0n) is 64.5. The van der Waals surface area contributed by atoms with Crippen molar-refractivity contribution in [1.82, 2.24) is 0 Å². The molecule has 0 aliphatic carbocycles. The fourth-order valence-electron chi connectivity index (χ4n) is 10.9. The van der Waals surface area contributed by atoms with E-state index < -0.39 is 97.5 Å². The van der Waals surface area contributed by atoms with E-state index in [-0.39, 0.29) is 25.7 Å². The second-order valence-corrected chi connectivity index (χ2v) is 29.8. The van der Waals surface area contributed by atoms with E-state index in [2.05, 4.69) is 125 Å². The molecule has 3 N–H and O–H groups in total. The van der Waals surface area contributed by atoms with Gasteiger partial charge in [-0.25, -0.2) is 9.13 Å². The summed E-state index contributed by atoms with van der Waals surface area (Å²) in [6.45, 7) is 4.64. The Bertz CT molecular complexity index is 2310. The molecule has 0 rings (SSSR count). The molecule has 590 valence electrons. The third-order valence-corrected chi connectivity index (χ3v) is 18.9. The highest BCUT2D eigenvalue weighted by molar-refractivity contribution is 7.47. The zero-order chi connectivity index (χ0) is 74.6. The van der Waals surface area contributed by atoms with Crippen molar-refractivity contribution in [2.24, 2.45) is 0 Å². The van der Waals surface area contributed by atoms with Gasteiger partial charge in [0.2, 0.25) is 0 Å². The van der Waals surface area contributed by atoms with E-state index in [0.29, 0.717) is 25.7 Å². The molecule has 0 heterocycles. The van der Waals surface area contributed by atoms with E-state index in [9.17, 15) is 43.2 Å². The van der Waals surface area contributed by atoms with Crippen LogP contribution in [0.2, 0.25) is 0 Å². The van der Waals surface area contributed by atoms with E-state index >= 15 is 0 Å². The van der Waals surface area contributed by atoms with Crippen LogP contribution >= 0.6 is 15.6 Å². The van der Waals surface area contributed by atoms with Crippen LogP contribution in [0.5, 0.6) is 0 Å². The Morgan fingerprint density at radius 2 is 0.510 bits per heavy atom. The van der Waals surface area contributed by atoms with E-state index in [1.165, 1.54) is 77.0 Å². The van der Waals surface area contributed by atoms with Gasteiger partial charge < -0.3 is 33.8 Å². The lowest BCUT2D eigenvalue weighted by molar-refractivity contribution is -0.161. The van der Waals surface area contributed by atoms with Crippen molar-refractivity contribution in [1.29, 1.82) is 0 Å². The SMILES string of the molecule is CC/C=C\C/C=C\C/C=C\CCCCCCCCCC(=O)OCC(COP(=O)(O)OCC(O)COP(=O)(O)OCC(COC(=O)CCCCCCC/C=C\CCCCCCCC)OC(=O)CCCCCCC/C=C\CCCCCCCC)OC(=O)CCCCCCC/C=C\C/C=C\C/C=C\CC. The Hall–Kier alpha value is -4.02. The average Bonchev–Trinajstić information content (AvgIpc) is 0.923. The molecule has 102 heavy (non-hydrogen) atoms. The minimum Gasteiger partial charge on any atom is -0.462 e. The summed E-state index contributed by atoms with van der Waals surface area (Å²) in [6.07, 6.45) is 79.5. The summed E-state index contributed by atoms with van der Waals surface area (Å²) < 4.78 is 68.6. The fourth-order valence-corrected chi connectivity index (χ4v) is 12.5. The van der Waals surface area contributed by atoms with Crippen molar-refractivity contribution < 1.29 is 80.2 Å². The molecule has 0 saturated heterocycles. The third-order valence-electron chi connectivity index (χ3n) is 17.0. The maximum absolute atomic E-state index is 13.1. The first-order chi connectivity index (χ1) is 49.7. The summed E-state index contributed by atoms with van der Waals surface area (Å²) >= 11 is 0. The second-order valence-electron chi connectivity index (χ2n) is 26.9. The highest BCUT2D eigenvalue weighted by Crippen LogP contribution is 2.45. The van der Waals surface area contributed by atoms with Gasteiger partial charge in [0.25, 0.3) is 0 Å². The number of carbonyl (C=O) groups is 4. The number of hydrogen-bond donors (Lipinski definition) is 3. The number of allylic oxidation sites excluding steroid dienone is 16. The van der Waals surface area contributed by atoms with Gasteiger partial charge in [0.1, 0.15) is 19.3 Å². The first-order valence-corrected chi connectivity index (χ1v) is 43.5. The maximum atomic E-state index is 13.1. The van der Waals surface area contributed by atoms with Crippen molar-refractivity contribution >= 4 is 39.5 Å². The van der Waals surface area contributed by atoms with Gasteiger partial charge in [-0.3, -0.25) is 37.3 Å². The van der Waals surface area contributed by atoms with Gasteiger partial charge in [0.15, 0.2) is 12.2 Å². The first-order valence-electron chi connectivity index (χ1n) is 40.5. The number of rotatable bonds is 76. The first kappa shape index (κ1) is 98.0. The van der Waals surface area contributed by atoms with Gasteiger partial charge in [-0.1, -0.05) is 279 Å². The molecule has 0 aromatic carbocycles. The number of esters is 4. The number of carbonyl (C=O) groups excluding carboxylic acids is 4. The highest BCUT2D eigenvalue weighted by atomic mass is 31.2. The predicted octanol–water partition coefficient (Wildman–Crippen LogP) is 23.6. The minimum absolute atomic E-state index is 0.0729. The molecular formula is C83H146O17P2. The summed E-state index contributed by atoms with van der Waals surface area (Å²) in [4.78, 5) is 73.0. The lowest BCUT2D eigenvalue weighted by Crippen LogP contribution is -2.30. The molecule has 19 heteroatoms. The molecule has 0 aliphatic rings. The van der Waals surface area contributed by atoms with Gasteiger partial charge in [-0.15, -0.1) is 0 Å². The Kier molecular flexibility index (Phi) is 72.3. The van der Waals surface area contributed by atoms with Crippen molar-refractivity contribution in [2.75, 3.05) is 39.6 Å². The Morgan fingerprint density at radius 1 is 0.284 bits per heavy atom. The monoisotopic (exact) mass is 1480 g/mol. The molecule has 17 nitrogen and oxygen atoms in total. The van der Waals surface area contributed by atoms with E-state index in [1.54, 1.807) is 0 Å². The third kappa shape index (κ3) is 74.3. The number of aliphatic hydroxyl groups excluding tert-OH is 1. The van der Waals surface area contributed by atoms with Crippen LogP contribution in [0.1, 0.15) is 349 Å². The minimum atomic E-state index is -4.98. The van der Waals surface area contributed by atoms with E-state index in [4.69, 9.17) is 37.0 Å². The van der Waals surface area contributed by atoms with Crippen molar-refractivity contribution in [2.45, 2.75) is 367 Å². The van der Waals surface area contributed by atoms with Gasteiger partial charge in [-0.05, 0) is 141 Å². The van der Waals surface area contributed by atoms with Gasteiger partial charge in [0.05, 0.1) is 26.4 Å². The maximum Gasteiger partial charge on any atom is 0.472 e. The summed E-state index contributed by atoms with van der Waals surface area (Å²) in [6, 6.07) is 0. The molecule has 0 amide bonds. The largest absolute Gasteiger partial charge is 0.472 e. The molecule has 0 aliphatic heterocycles. The lowest BCUT2D eigenvalue weighted by atomic mass is 10.1. The second kappa shape index (κ2) is 75.2. The number of aliphatic hydroxyl groups is 1. The van der Waals surface area contributed by atoms with Crippen LogP contribution in [-0.2, 0) is 65.4 Å². The smallest absolute Gasteiger partial charge is 0.462 e. The summed E-state index contributed by atoms with van der Waals surface area (Å²) in [5.74, 6) is -2.20. The molecule has 5 unspecified atom stereocenters. The summed E-state index contributed by atoms with van der Waals surface area (Å²) in [5, 5.41) is 10.6. The van der Waals surface area contributed by atoms with Crippen LogP contribution in [0, 0.1) is 0 Å². The molecule has 0 bridgehead atoms. The summed E-state index contributed by atoms with van der Waals surface area (Å²) in [7, 11) is -9.96. The number of ether oxygens (including phenoxy) is 4. The number of phosphoric ester groups is 2. The number of unbranched alkanes of at least 4 members (excludes halogenated alkanes) is 34. The summed E-state index contributed by atoms with van der Waals surface area (Å²) in [5.41, 5.74) is 0. The molecule has 0 aromatic rings. The average molecular weight is 1480 g/mol. The topological polar surface area (TPSA) is 237 Å². The molecular weight excluding hydrogens is 1330 g/mol. The number of phosphoric acid groups is 2. The number of hydrogen-bond acceptors (Lipinski definition) is 15. The normalized spacial score (nSPS) is 14.4. The zero-order valence-corrected chi connectivity index (χ0v) is 66.3. The van der Waals surface area contributed by atoms with Crippen molar-refractivity contribution in [3.8, 4) is 0 Å². The van der Waals surface area contributed by atoms with Crippen LogP contribution in [0.25, 0.3) is 0 Å². The molecule has 0 radical (unpaired) electrons. The molecule has 0 saturated carbocycles. The molecule has 0 spiro atoms. The van der Waals surface area contributed by atoms with Crippen LogP contribution in [0.15, 0.2) is 97.2 Å². The molecule has 0 fully saturated rings. The van der Waals surface area contributed by atoms with Gasteiger partial charge in [-0.2, -0.15) is 0 Å². The highest BCUT2D eigenvalue weighted by Gasteiger charge is 2.30. The lowest BCUT2D eigenvalue weighted by Gasteiger charge is -2.21. The van der Waals surface area contributed by atoms with Crippen LogP contribution < -0.4 is 0 Å². The Morgan fingerprint density at radius 3 is 0.794 bits per heavy atom. The van der Waals surface area contributed by atoms with Gasteiger partial charge in [0, 0.05) is 25.7 Å². The predicted molar refractivity (Wildman–Crippen MR) is 418 cm³/mol. The van der Waals surface area contributed by atoms with Crippen LogP contribution in [0.3, 0.4) is 0 Å². The Labute approximate surface area is 620 Å². The molecule has 5 atom stereocenters. The molecule has 0 aromatic heterocycles. The van der Waals surface area contributed by atoms with Crippen LogP contribution in [0.4, 0.5) is 0 Å². The van der Waals surface area contributed by atoms with Crippen molar-refractivity contribution in [3.05, 3.63) is 97.2 Å².